The van der Waals surface area contributed by atoms with Crippen LogP contribution in [-0.4, -0.2) is 44.0 Å². The molecule has 0 atom stereocenters. The number of carbonyl (C=O) groups excluding carboxylic acids is 1. The lowest BCUT2D eigenvalue weighted by molar-refractivity contribution is -0.131. The Morgan fingerprint density at radius 2 is 2.19 bits per heavy atom. The predicted octanol–water partition coefficient (Wildman–Crippen LogP) is 2.34. The second-order valence-electron chi connectivity index (χ2n) is 6.51. The van der Waals surface area contributed by atoms with Crippen LogP contribution in [0.1, 0.15) is 37.9 Å². The number of nitrogens with two attached hydrogens (primary N) is 1. The molecule has 1 fully saturated rings. The Labute approximate surface area is 156 Å². The zero-order valence-electron chi connectivity index (χ0n) is 14.9. The van der Waals surface area contributed by atoms with Gasteiger partial charge in [-0.15, -0.1) is 10.2 Å². The molecule has 0 saturated heterocycles. The van der Waals surface area contributed by atoms with Crippen LogP contribution >= 0.6 is 11.8 Å². The van der Waals surface area contributed by atoms with Crippen LogP contribution in [0.25, 0.3) is 11.4 Å². The first-order valence-electron chi connectivity index (χ1n) is 8.54. The molecule has 9 heteroatoms. The summed E-state index contributed by atoms with van der Waals surface area (Å²) >= 11 is 1.21. The van der Waals surface area contributed by atoms with Crippen LogP contribution in [0.2, 0.25) is 0 Å². The fourth-order valence-corrected chi connectivity index (χ4v) is 4.07. The molecule has 1 aliphatic carbocycles. The van der Waals surface area contributed by atoms with Crippen LogP contribution in [0.5, 0.6) is 0 Å². The number of hydrogen-bond donors (Lipinski definition) is 1. The van der Waals surface area contributed by atoms with Crippen LogP contribution in [-0.2, 0) is 4.79 Å². The summed E-state index contributed by atoms with van der Waals surface area (Å²) < 4.78 is 6.63. The monoisotopic (exact) mass is 374 g/mol. The molecule has 2 N–H and O–H groups in total. The maximum Gasteiger partial charge on any atom is 0.234 e. The van der Waals surface area contributed by atoms with E-state index in [9.17, 15) is 10.1 Å². The quantitative estimate of drug-likeness (QED) is 0.631. The molecule has 8 nitrogen and oxygen atoms in total. The van der Waals surface area contributed by atoms with Crippen molar-refractivity contribution in [3.05, 3.63) is 18.1 Å². The Bertz CT molecular complexity index is 831. The molecule has 3 rings (SSSR count). The van der Waals surface area contributed by atoms with E-state index < -0.39 is 5.54 Å². The van der Waals surface area contributed by atoms with Gasteiger partial charge in [-0.1, -0.05) is 31.0 Å². The minimum absolute atomic E-state index is 0.109. The Morgan fingerprint density at radius 1 is 1.46 bits per heavy atom. The predicted molar refractivity (Wildman–Crippen MR) is 97.5 cm³/mol. The second-order valence-corrected chi connectivity index (χ2v) is 7.45. The molecule has 0 bridgehead atoms. The van der Waals surface area contributed by atoms with Crippen molar-refractivity contribution in [2.45, 2.75) is 49.7 Å². The van der Waals surface area contributed by atoms with Gasteiger partial charge in [0.15, 0.2) is 5.82 Å². The van der Waals surface area contributed by atoms with E-state index in [-0.39, 0.29) is 11.7 Å². The number of furan rings is 1. The Balaban J connectivity index is 1.68. The SMILES string of the molecule is Cc1occc1-c1nnc(SCC(=O)N(C)C2(C#N)CCCCC2)n1N. The summed E-state index contributed by atoms with van der Waals surface area (Å²) in [7, 11) is 1.71. The summed E-state index contributed by atoms with van der Waals surface area (Å²) in [5, 5.41) is 18.2. The number of nitriles is 1. The molecule has 0 unspecified atom stereocenters. The van der Waals surface area contributed by atoms with Gasteiger partial charge in [0, 0.05) is 7.05 Å². The van der Waals surface area contributed by atoms with E-state index in [0.29, 0.717) is 16.7 Å². The molecular formula is C17H22N6O2S. The summed E-state index contributed by atoms with van der Waals surface area (Å²) in [5.74, 6) is 7.30. The zero-order chi connectivity index (χ0) is 18.7. The van der Waals surface area contributed by atoms with E-state index in [2.05, 4.69) is 16.3 Å². The normalized spacial score (nSPS) is 16.2. The summed E-state index contributed by atoms with van der Waals surface area (Å²) in [6.45, 7) is 1.82. The standard InChI is InChI=1S/C17H22N6O2S/c1-12-13(6-9-25-12)15-20-21-16(23(15)19)26-10-14(24)22(2)17(11-18)7-4-3-5-8-17/h6,9H,3-5,7-8,10,19H2,1-2H3. The van der Waals surface area contributed by atoms with Gasteiger partial charge >= 0.3 is 0 Å². The molecule has 2 aromatic heterocycles. The van der Waals surface area contributed by atoms with E-state index >= 15 is 0 Å². The van der Waals surface area contributed by atoms with Crippen molar-refractivity contribution in [3.63, 3.8) is 0 Å². The summed E-state index contributed by atoms with van der Waals surface area (Å²) in [6.07, 6.45) is 6.09. The smallest absolute Gasteiger partial charge is 0.234 e. The number of thioether (sulfide) groups is 1. The lowest BCUT2D eigenvalue weighted by atomic mass is 9.81. The first-order valence-corrected chi connectivity index (χ1v) is 9.53. The average Bonchev–Trinajstić information content (AvgIpc) is 3.24. The zero-order valence-corrected chi connectivity index (χ0v) is 15.8. The fourth-order valence-electron chi connectivity index (χ4n) is 3.30. The van der Waals surface area contributed by atoms with Gasteiger partial charge in [0.1, 0.15) is 11.3 Å². The van der Waals surface area contributed by atoms with Crippen molar-refractivity contribution in [2.24, 2.45) is 0 Å². The highest BCUT2D eigenvalue weighted by molar-refractivity contribution is 7.99. The van der Waals surface area contributed by atoms with Gasteiger partial charge in [0.05, 0.1) is 23.6 Å². The van der Waals surface area contributed by atoms with E-state index in [1.54, 1.807) is 24.3 Å². The van der Waals surface area contributed by atoms with Crippen molar-refractivity contribution < 1.29 is 9.21 Å². The summed E-state index contributed by atoms with van der Waals surface area (Å²) in [6, 6.07) is 4.14. The molecule has 0 spiro atoms. The molecule has 2 heterocycles. The molecule has 2 aromatic rings. The highest BCUT2D eigenvalue weighted by Crippen LogP contribution is 2.33. The highest BCUT2D eigenvalue weighted by Gasteiger charge is 2.38. The molecule has 138 valence electrons. The van der Waals surface area contributed by atoms with Crippen LogP contribution in [0.15, 0.2) is 21.9 Å². The topological polar surface area (TPSA) is 114 Å². The third-order valence-corrected chi connectivity index (χ3v) is 5.92. The molecule has 26 heavy (non-hydrogen) atoms. The molecule has 0 aromatic carbocycles. The van der Waals surface area contributed by atoms with Crippen LogP contribution < -0.4 is 5.84 Å². The van der Waals surface area contributed by atoms with Gasteiger partial charge in [0.25, 0.3) is 0 Å². The number of carbonyl (C=O) groups is 1. The lowest BCUT2D eigenvalue weighted by Gasteiger charge is -2.39. The number of nitrogen functional groups attached to an aromatic ring is 1. The lowest BCUT2D eigenvalue weighted by Crippen LogP contribution is -2.50. The number of rotatable bonds is 5. The molecule has 1 aliphatic rings. The Kier molecular flexibility index (Phi) is 5.23. The minimum atomic E-state index is -0.689. The van der Waals surface area contributed by atoms with Crippen LogP contribution in [0.3, 0.4) is 0 Å². The molecular weight excluding hydrogens is 352 g/mol. The van der Waals surface area contributed by atoms with Crippen molar-refractivity contribution in [1.29, 1.82) is 5.26 Å². The first kappa shape index (κ1) is 18.3. The molecule has 1 saturated carbocycles. The number of amides is 1. The number of aromatic nitrogens is 3. The van der Waals surface area contributed by atoms with E-state index in [0.717, 1.165) is 37.7 Å². The van der Waals surface area contributed by atoms with E-state index in [1.165, 1.54) is 16.4 Å². The van der Waals surface area contributed by atoms with Gasteiger partial charge in [0.2, 0.25) is 11.1 Å². The van der Waals surface area contributed by atoms with E-state index in [1.807, 2.05) is 6.92 Å². The van der Waals surface area contributed by atoms with Gasteiger partial charge < -0.3 is 15.2 Å². The van der Waals surface area contributed by atoms with Crippen molar-refractivity contribution in [3.8, 4) is 17.5 Å². The number of hydrogen-bond acceptors (Lipinski definition) is 7. The van der Waals surface area contributed by atoms with Crippen molar-refractivity contribution >= 4 is 17.7 Å². The average molecular weight is 374 g/mol. The fraction of sp³-hybridized carbons (Fsp3) is 0.529. The van der Waals surface area contributed by atoms with Crippen LogP contribution in [0, 0.1) is 18.3 Å². The van der Waals surface area contributed by atoms with Crippen molar-refractivity contribution in [1.82, 2.24) is 19.8 Å². The van der Waals surface area contributed by atoms with Gasteiger partial charge in [-0.2, -0.15) is 5.26 Å². The maximum absolute atomic E-state index is 12.6. The summed E-state index contributed by atoms with van der Waals surface area (Å²) in [4.78, 5) is 14.2. The molecule has 0 radical (unpaired) electrons. The maximum atomic E-state index is 12.6. The summed E-state index contributed by atoms with van der Waals surface area (Å²) in [5.41, 5.74) is 0.0756. The Hall–Kier alpha value is -2.47. The van der Waals surface area contributed by atoms with Gasteiger partial charge in [-0.05, 0) is 25.8 Å². The third kappa shape index (κ3) is 3.29. The largest absolute Gasteiger partial charge is 0.469 e. The van der Waals surface area contributed by atoms with Crippen molar-refractivity contribution in [2.75, 3.05) is 18.6 Å². The first-order chi connectivity index (χ1) is 12.5. The van der Waals surface area contributed by atoms with Gasteiger partial charge in [-0.3, -0.25) is 4.79 Å². The highest BCUT2D eigenvalue weighted by atomic mass is 32.2. The van der Waals surface area contributed by atoms with Crippen LogP contribution in [0.4, 0.5) is 0 Å². The molecule has 0 aliphatic heterocycles. The Morgan fingerprint density at radius 3 is 2.81 bits per heavy atom. The van der Waals surface area contributed by atoms with Gasteiger partial charge in [-0.25, -0.2) is 4.68 Å². The number of nitrogens with zero attached hydrogens (tertiary/aromatic N) is 5. The third-order valence-electron chi connectivity index (χ3n) is 4.99. The second kappa shape index (κ2) is 7.41. The van der Waals surface area contributed by atoms with E-state index in [4.69, 9.17) is 10.3 Å². The number of aryl methyl sites for hydroxylation is 1. The molecule has 1 amide bonds. The minimum Gasteiger partial charge on any atom is -0.469 e.